The highest BCUT2D eigenvalue weighted by Crippen LogP contribution is 2.24. The van der Waals surface area contributed by atoms with Crippen LogP contribution < -0.4 is 10.2 Å². The minimum Gasteiger partial charge on any atom is -0.352 e. The fourth-order valence-electron chi connectivity index (χ4n) is 4.08. The van der Waals surface area contributed by atoms with Gasteiger partial charge in [-0.1, -0.05) is 79.6 Å². The van der Waals surface area contributed by atoms with E-state index in [1.165, 1.54) is 18.2 Å². The Morgan fingerprint density at radius 3 is 2.36 bits per heavy atom. The molecule has 0 unspecified atom stereocenters. The summed E-state index contributed by atoms with van der Waals surface area (Å²) in [4.78, 5) is 27.5. The Bertz CT molecular complexity index is 1060. The van der Waals surface area contributed by atoms with E-state index in [0.29, 0.717) is 10.8 Å². The maximum Gasteiger partial charge on any atom is 0.240 e. The van der Waals surface area contributed by atoms with Crippen LogP contribution in [-0.2, 0) is 16.6 Å². The van der Waals surface area contributed by atoms with E-state index >= 15 is 0 Å². The van der Waals surface area contributed by atoms with Crippen molar-refractivity contribution in [3.05, 3.63) is 60.7 Å². The Hall–Kier alpha value is -3.13. The van der Waals surface area contributed by atoms with Crippen LogP contribution in [0.5, 0.6) is 0 Å². The number of amides is 2. The molecule has 172 valence electrons. The van der Waals surface area contributed by atoms with Crippen LogP contribution >= 0.6 is 11.8 Å². The molecule has 0 spiro atoms. The molecule has 1 saturated carbocycles. The van der Waals surface area contributed by atoms with E-state index in [9.17, 15) is 9.59 Å². The molecule has 1 aliphatic rings. The summed E-state index contributed by atoms with van der Waals surface area (Å²) in [6.07, 6.45) is 5.54. The normalized spacial score (nSPS) is 14.1. The number of aromatic nitrogens is 3. The van der Waals surface area contributed by atoms with Crippen molar-refractivity contribution in [2.45, 2.75) is 43.3 Å². The average molecular weight is 464 g/mol. The topological polar surface area (TPSA) is 80.1 Å². The van der Waals surface area contributed by atoms with Crippen LogP contribution in [0.4, 0.5) is 5.69 Å². The Kier molecular flexibility index (Phi) is 7.78. The minimum absolute atomic E-state index is 0.00792. The van der Waals surface area contributed by atoms with Crippen LogP contribution in [0.25, 0.3) is 11.4 Å². The quantitative estimate of drug-likeness (QED) is 0.510. The minimum atomic E-state index is -0.144. The highest BCUT2D eigenvalue weighted by atomic mass is 32.2. The van der Waals surface area contributed by atoms with Crippen LogP contribution in [0, 0.1) is 0 Å². The molecular formula is C25H29N5O2S. The number of carbonyl (C=O) groups excluding carboxylic acids is 2. The molecule has 0 radical (unpaired) electrons. The summed E-state index contributed by atoms with van der Waals surface area (Å²) in [6.45, 7) is 0.00792. The molecule has 1 aromatic heterocycles. The summed E-state index contributed by atoms with van der Waals surface area (Å²) in [5.74, 6) is 0.646. The summed E-state index contributed by atoms with van der Waals surface area (Å²) in [5.41, 5.74) is 1.68. The first-order valence-corrected chi connectivity index (χ1v) is 12.3. The van der Waals surface area contributed by atoms with Crippen LogP contribution in [0.3, 0.4) is 0 Å². The number of nitrogens with one attached hydrogen (secondary N) is 1. The molecule has 0 atom stereocenters. The third-order valence-electron chi connectivity index (χ3n) is 5.83. The number of benzene rings is 2. The maximum atomic E-state index is 13.2. The van der Waals surface area contributed by atoms with Crippen molar-refractivity contribution in [2.24, 2.45) is 7.05 Å². The number of hydrogen-bond acceptors (Lipinski definition) is 5. The predicted octanol–water partition coefficient (Wildman–Crippen LogP) is 4.06. The fraction of sp³-hybridized carbons (Fsp3) is 0.360. The highest BCUT2D eigenvalue weighted by molar-refractivity contribution is 7.99. The molecule has 7 nitrogen and oxygen atoms in total. The first-order chi connectivity index (χ1) is 16.1. The van der Waals surface area contributed by atoms with Crippen molar-refractivity contribution >= 4 is 29.3 Å². The Morgan fingerprint density at radius 2 is 1.67 bits per heavy atom. The molecule has 8 heteroatoms. The number of rotatable bonds is 8. The van der Waals surface area contributed by atoms with Crippen molar-refractivity contribution < 1.29 is 9.59 Å². The average Bonchev–Trinajstić information content (AvgIpc) is 3.23. The lowest BCUT2D eigenvalue weighted by molar-refractivity contribution is -0.123. The molecule has 0 aliphatic heterocycles. The molecule has 1 fully saturated rings. The number of nitrogens with zero attached hydrogens (tertiary/aromatic N) is 4. The summed E-state index contributed by atoms with van der Waals surface area (Å²) in [7, 11) is 1.89. The smallest absolute Gasteiger partial charge is 0.240 e. The predicted molar refractivity (Wildman–Crippen MR) is 131 cm³/mol. The van der Waals surface area contributed by atoms with E-state index in [0.717, 1.165) is 37.1 Å². The second kappa shape index (κ2) is 11.1. The molecule has 2 amide bonds. The van der Waals surface area contributed by atoms with Gasteiger partial charge in [0.05, 0.1) is 5.75 Å². The number of carbonyl (C=O) groups is 2. The first kappa shape index (κ1) is 23.0. The lowest BCUT2D eigenvalue weighted by atomic mass is 9.95. The van der Waals surface area contributed by atoms with Gasteiger partial charge in [-0.25, -0.2) is 0 Å². The Labute approximate surface area is 198 Å². The van der Waals surface area contributed by atoms with Gasteiger partial charge in [0.25, 0.3) is 0 Å². The van der Waals surface area contributed by atoms with Gasteiger partial charge in [-0.05, 0) is 25.0 Å². The van der Waals surface area contributed by atoms with Gasteiger partial charge in [-0.3, -0.25) is 9.59 Å². The van der Waals surface area contributed by atoms with Gasteiger partial charge in [0.15, 0.2) is 11.0 Å². The van der Waals surface area contributed by atoms with Gasteiger partial charge < -0.3 is 14.8 Å². The zero-order valence-corrected chi connectivity index (χ0v) is 19.6. The third-order valence-corrected chi connectivity index (χ3v) is 6.84. The van der Waals surface area contributed by atoms with Crippen LogP contribution in [0.1, 0.15) is 32.1 Å². The van der Waals surface area contributed by atoms with Gasteiger partial charge in [0.1, 0.15) is 6.54 Å². The lowest BCUT2D eigenvalue weighted by Crippen LogP contribution is -2.45. The van der Waals surface area contributed by atoms with Gasteiger partial charge >= 0.3 is 0 Å². The fourth-order valence-corrected chi connectivity index (χ4v) is 4.87. The van der Waals surface area contributed by atoms with Crippen molar-refractivity contribution in [1.29, 1.82) is 0 Å². The molecule has 4 rings (SSSR count). The Morgan fingerprint density at radius 1 is 1.00 bits per heavy atom. The summed E-state index contributed by atoms with van der Waals surface area (Å²) in [5, 5.41) is 12.3. The van der Waals surface area contributed by atoms with E-state index in [2.05, 4.69) is 15.5 Å². The number of anilines is 1. The molecule has 1 N–H and O–H groups in total. The monoisotopic (exact) mass is 463 g/mol. The van der Waals surface area contributed by atoms with Crippen LogP contribution in [0.15, 0.2) is 65.8 Å². The molecule has 0 bridgehead atoms. The van der Waals surface area contributed by atoms with Crippen molar-refractivity contribution in [1.82, 2.24) is 20.1 Å². The zero-order chi connectivity index (χ0) is 23.0. The molecule has 1 aliphatic carbocycles. The van der Waals surface area contributed by atoms with Crippen molar-refractivity contribution in [2.75, 3.05) is 17.2 Å². The standard InChI is InChI=1S/C25H29N5O2S/c1-29-24(19-11-5-2-6-12-19)27-28-25(29)33-18-23(32)30(21-15-9-4-10-16-21)17-22(31)26-20-13-7-3-8-14-20/h2,4-6,9-12,15-16,20H,3,7-8,13-14,17-18H2,1H3,(H,26,31). The molecule has 33 heavy (non-hydrogen) atoms. The van der Waals surface area contributed by atoms with Crippen LogP contribution in [0.2, 0.25) is 0 Å². The van der Waals surface area contributed by atoms with Gasteiger partial charge in [0.2, 0.25) is 11.8 Å². The Balaban J connectivity index is 1.42. The zero-order valence-electron chi connectivity index (χ0n) is 18.8. The largest absolute Gasteiger partial charge is 0.352 e. The van der Waals surface area contributed by atoms with Crippen molar-refractivity contribution in [3.8, 4) is 11.4 Å². The maximum absolute atomic E-state index is 13.2. The summed E-state index contributed by atoms with van der Waals surface area (Å²) < 4.78 is 1.88. The van der Waals surface area contributed by atoms with Gasteiger partial charge in [-0.2, -0.15) is 0 Å². The molecule has 2 aromatic carbocycles. The van der Waals surface area contributed by atoms with E-state index in [1.54, 1.807) is 4.90 Å². The van der Waals surface area contributed by atoms with E-state index < -0.39 is 0 Å². The van der Waals surface area contributed by atoms with E-state index in [1.807, 2.05) is 72.3 Å². The van der Waals surface area contributed by atoms with Gasteiger partial charge in [0, 0.05) is 24.3 Å². The molecule has 3 aromatic rings. The number of hydrogen-bond donors (Lipinski definition) is 1. The molecular weight excluding hydrogens is 434 g/mol. The first-order valence-electron chi connectivity index (χ1n) is 11.3. The van der Waals surface area contributed by atoms with E-state index in [4.69, 9.17) is 0 Å². The number of thioether (sulfide) groups is 1. The summed E-state index contributed by atoms with van der Waals surface area (Å²) in [6, 6.07) is 19.4. The second-order valence-corrected chi connectivity index (χ2v) is 9.18. The summed E-state index contributed by atoms with van der Waals surface area (Å²) >= 11 is 1.32. The van der Waals surface area contributed by atoms with Gasteiger partial charge in [-0.15, -0.1) is 10.2 Å². The van der Waals surface area contributed by atoms with Crippen molar-refractivity contribution in [3.63, 3.8) is 0 Å². The number of para-hydroxylation sites is 1. The lowest BCUT2D eigenvalue weighted by Gasteiger charge is -2.26. The van der Waals surface area contributed by atoms with Crippen LogP contribution in [-0.4, -0.2) is 44.9 Å². The van der Waals surface area contributed by atoms with E-state index in [-0.39, 0.29) is 30.2 Å². The SMILES string of the molecule is Cn1c(SCC(=O)N(CC(=O)NC2CCCCC2)c2ccccc2)nnc1-c1ccccc1. The molecule has 0 saturated heterocycles. The third kappa shape index (κ3) is 6.01. The second-order valence-electron chi connectivity index (χ2n) is 8.24. The highest BCUT2D eigenvalue weighted by Gasteiger charge is 2.23. The molecule has 1 heterocycles.